The molecule has 0 amide bonds. The van der Waals surface area contributed by atoms with E-state index >= 15 is 0 Å². The molecule has 0 atom stereocenters. The van der Waals surface area contributed by atoms with Gasteiger partial charge in [-0.25, -0.2) is 4.79 Å². The number of carbonyl (C=O) groups is 1. The molecular weight excluding hydrogens is 268 g/mol. The largest absolute Gasteiger partial charge is 0.478 e. The Labute approximate surface area is 114 Å². The van der Waals surface area contributed by atoms with Crippen molar-refractivity contribution in [1.82, 2.24) is 9.78 Å². The van der Waals surface area contributed by atoms with Crippen LogP contribution in [0.5, 0.6) is 0 Å². The van der Waals surface area contributed by atoms with Crippen LogP contribution in [0.3, 0.4) is 0 Å². The minimum atomic E-state index is -1.10. The smallest absolute Gasteiger partial charge is 0.337 e. The first-order valence-electron chi connectivity index (χ1n) is 5.63. The van der Waals surface area contributed by atoms with E-state index in [0.29, 0.717) is 17.1 Å². The molecule has 0 saturated heterocycles. The number of aromatic carboxylic acids is 1. The van der Waals surface area contributed by atoms with Gasteiger partial charge in [-0.1, -0.05) is 11.6 Å². The van der Waals surface area contributed by atoms with Gasteiger partial charge >= 0.3 is 5.97 Å². The Kier molecular flexibility index (Phi) is 3.62. The number of hydrogen-bond donors (Lipinski definition) is 3. The van der Waals surface area contributed by atoms with E-state index in [4.69, 9.17) is 22.4 Å². The van der Waals surface area contributed by atoms with Crippen LogP contribution < -0.4 is 11.1 Å². The van der Waals surface area contributed by atoms with Crippen molar-refractivity contribution in [3.05, 3.63) is 35.1 Å². The van der Waals surface area contributed by atoms with Crippen molar-refractivity contribution in [3.63, 3.8) is 0 Å². The molecule has 6 nitrogen and oxygen atoms in total. The summed E-state index contributed by atoms with van der Waals surface area (Å²) in [5.74, 6) is -1.10. The molecule has 100 valence electrons. The van der Waals surface area contributed by atoms with Crippen LogP contribution >= 0.6 is 11.6 Å². The van der Waals surface area contributed by atoms with Crippen LogP contribution in [0.25, 0.3) is 0 Å². The zero-order valence-corrected chi connectivity index (χ0v) is 11.0. The molecule has 0 saturated carbocycles. The number of anilines is 3. The van der Waals surface area contributed by atoms with Crippen LogP contribution in [0.2, 0.25) is 5.02 Å². The number of rotatable bonds is 4. The third-order valence-corrected chi connectivity index (χ3v) is 2.87. The summed E-state index contributed by atoms with van der Waals surface area (Å²) < 4.78 is 1.72. The van der Waals surface area contributed by atoms with E-state index in [1.807, 2.05) is 6.92 Å². The van der Waals surface area contributed by atoms with Gasteiger partial charge in [0.05, 0.1) is 28.2 Å². The lowest BCUT2D eigenvalue weighted by atomic mass is 10.1. The third kappa shape index (κ3) is 2.79. The number of carboxylic acid groups (broad SMARTS) is 1. The minimum Gasteiger partial charge on any atom is -0.478 e. The van der Waals surface area contributed by atoms with Crippen LogP contribution in [0.1, 0.15) is 17.3 Å². The van der Waals surface area contributed by atoms with E-state index in [0.717, 1.165) is 6.54 Å². The average molecular weight is 281 g/mol. The normalized spacial score (nSPS) is 10.4. The summed E-state index contributed by atoms with van der Waals surface area (Å²) in [4.78, 5) is 11.2. The highest BCUT2D eigenvalue weighted by Crippen LogP contribution is 2.31. The fraction of sp³-hybridized carbons (Fsp3) is 0.167. The van der Waals surface area contributed by atoms with Gasteiger partial charge in [0.25, 0.3) is 0 Å². The Hall–Kier alpha value is -2.21. The molecule has 0 unspecified atom stereocenters. The molecule has 1 heterocycles. The van der Waals surface area contributed by atoms with Gasteiger partial charge in [0.15, 0.2) is 0 Å². The predicted octanol–water partition coefficient (Wildman–Crippen LogP) is 2.58. The summed E-state index contributed by atoms with van der Waals surface area (Å²) >= 11 is 6.04. The highest BCUT2D eigenvalue weighted by atomic mass is 35.5. The standard InChI is InChI=1S/C12H13ClN4O2/c1-2-17-6-8(5-15-17)16-11-9(12(18)19)3-7(14)4-10(11)13/h3-6,16H,2,14H2,1H3,(H,18,19). The van der Waals surface area contributed by atoms with Crippen LogP contribution in [0, 0.1) is 0 Å². The summed E-state index contributed by atoms with van der Waals surface area (Å²) in [6.45, 7) is 2.68. The lowest BCUT2D eigenvalue weighted by molar-refractivity contribution is 0.0698. The topological polar surface area (TPSA) is 93.2 Å². The summed E-state index contributed by atoms with van der Waals surface area (Å²) in [5.41, 5.74) is 6.89. The first-order valence-corrected chi connectivity index (χ1v) is 6.01. The van der Waals surface area contributed by atoms with Gasteiger partial charge in [-0.3, -0.25) is 4.68 Å². The van der Waals surface area contributed by atoms with Crippen molar-refractivity contribution in [3.8, 4) is 0 Å². The maximum atomic E-state index is 11.2. The van der Waals surface area contributed by atoms with Gasteiger partial charge in [-0.15, -0.1) is 0 Å². The average Bonchev–Trinajstić information content (AvgIpc) is 2.79. The van der Waals surface area contributed by atoms with E-state index in [2.05, 4.69) is 10.4 Å². The number of halogens is 1. The molecule has 2 rings (SSSR count). The number of aryl methyl sites for hydroxylation is 1. The number of hydrogen-bond acceptors (Lipinski definition) is 4. The molecule has 0 aliphatic heterocycles. The molecule has 2 aromatic rings. The summed E-state index contributed by atoms with van der Waals surface area (Å²) in [7, 11) is 0. The number of aromatic nitrogens is 2. The molecule has 19 heavy (non-hydrogen) atoms. The van der Waals surface area contributed by atoms with Gasteiger partial charge in [-0.05, 0) is 19.1 Å². The predicted molar refractivity (Wildman–Crippen MR) is 74.0 cm³/mol. The van der Waals surface area contributed by atoms with Gasteiger partial charge in [-0.2, -0.15) is 5.10 Å². The number of nitrogens with two attached hydrogens (primary N) is 1. The molecule has 4 N–H and O–H groups in total. The molecule has 0 spiro atoms. The van der Waals surface area contributed by atoms with E-state index in [9.17, 15) is 4.79 Å². The quantitative estimate of drug-likeness (QED) is 0.749. The summed E-state index contributed by atoms with van der Waals surface area (Å²) in [5, 5.41) is 16.5. The molecular formula is C12H13ClN4O2. The minimum absolute atomic E-state index is 0.0225. The molecule has 1 aromatic heterocycles. The SMILES string of the molecule is CCn1cc(Nc2c(Cl)cc(N)cc2C(=O)O)cn1. The Morgan fingerprint density at radius 2 is 2.32 bits per heavy atom. The zero-order valence-electron chi connectivity index (χ0n) is 10.2. The molecule has 1 aromatic carbocycles. The highest BCUT2D eigenvalue weighted by Gasteiger charge is 2.15. The monoisotopic (exact) mass is 280 g/mol. The number of nitrogen functional groups attached to an aromatic ring is 1. The van der Waals surface area contributed by atoms with Crippen molar-refractivity contribution < 1.29 is 9.90 Å². The molecule has 0 radical (unpaired) electrons. The Morgan fingerprint density at radius 1 is 1.58 bits per heavy atom. The van der Waals surface area contributed by atoms with E-state index in [1.54, 1.807) is 17.1 Å². The first kappa shape index (κ1) is 13.2. The van der Waals surface area contributed by atoms with Gasteiger partial charge in [0.2, 0.25) is 0 Å². The summed E-state index contributed by atoms with van der Waals surface area (Å²) in [6.07, 6.45) is 3.36. The second-order valence-corrected chi connectivity index (χ2v) is 4.35. The molecule has 0 aliphatic carbocycles. The second kappa shape index (κ2) is 5.19. The lowest BCUT2D eigenvalue weighted by Crippen LogP contribution is -2.04. The second-order valence-electron chi connectivity index (χ2n) is 3.94. The van der Waals surface area contributed by atoms with Crippen molar-refractivity contribution in [2.24, 2.45) is 0 Å². The van der Waals surface area contributed by atoms with Crippen molar-refractivity contribution in [2.75, 3.05) is 11.1 Å². The zero-order chi connectivity index (χ0) is 14.0. The Balaban J connectivity index is 2.41. The summed E-state index contributed by atoms with van der Waals surface area (Å²) in [6, 6.07) is 2.86. The van der Waals surface area contributed by atoms with Crippen molar-refractivity contribution >= 4 is 34.6 Å². The Bertz CT molecular complexity index is 624. The number of benzene rings is 1. The number of nitrogens with zero attached hydrogens (tertiary/aromatic N) is 2. The molecule has 0 aliphatic rings. The van der Waals surface area contributed by atoms with Gasteiger partial charge in [0.1, 0.15) is 0 Å². The van der Waals surface area contributed by atoms with Crippen LogP contribution in [-0.2, 0) is 6.54 Å². The van der Waals surface area contributed by atoms with Gasteiger partial charge in [0, 0.05) is 18.4 Å². The molecule has 0 bridgehead atoms. The fourth-order valence-electron chi connectivity index (χ4n) is 1.67. The number of carboxylic acids is 1. The molecule has 0 fully saturated rings. The van der Waals surface area contributed by atoms with Gasteiger partial charge < -0.3 is 16.2 Å². The van der Waals surface area contributed by atoms with E-state index < -0.39 is 5.97 Å². The highest BCUT2D eigenvalue weighted by molar-refractivity contribution is 6.34. The van der Waals surface area contributed by atoms with Crippen LogP contribution in [0.4, 0.5) is 17.1 Å². The first-order chi connectivity index (χ1) is 9.01. The van der Waals surface area contributed by atoms with E-state index in [1.165, 1.54) is 12.1 Å². The fourth-order valence-corrected chi connectivity index (χ4v) is 1.94. The molecule has 7 heteroatoms. The maximum absolute atomic E-state index is 11.2. The van der Waals surface area contributed by atoms with Crippen molar-refractivity contribution in [1.29, 1.82) is 0 Å². The van der Waals surface area contributed by atoms with Crippen LogP contribution in [0.15, 0.2) is 24.5 Å². The number of nitrogens with one attached hydrogen (secondary N) is 1. The lowest BCUT2D eigenvalue weighted by Gasteiger charge is -2.11. The maximum Gasteiger partial charge on any atom is 0.337 e. The van der Waals surface area contributed by atoms with Crippen molar-refractivity contribution in [2.45, 2.75) is 13.5 Å². The Morgan fingerprint density at radius 3 is 2.89 bits per heavy atom. The van der Waals surface area contributed by atoms with E-state index in [-0.39, 0.29) is 10.6 Å². The van der Waals surface area contributed by atoms with Crippen LogP contribution in [-0.4, -0.2) is 20.9 Å². The third-order valence-electron chi connectivity index (χ3n) is 2.57.